The van der Waals surface area contributed by atoms with Gasteiger partial charge in [-0.1, -0.05) is 11.6 Å². The van der Waals surface area contributed by atoms with Crippen LogP contribution in [0.5, 0.6) is 0 Å². The van der Waals surface area contributed by atoms with Gasteiger partial charge in [0.15, 0.2) is 0 Å². The van der Waals surface area contributed by atoms with E-state index in [1.54, 1.807) is 6.07 Å². The number of carboxylic acid groups (broad SMARTS) is 1. The molecule has 0 aliphatic heterocycles. The first kappa shape index (κ1) is 11.3. The highest BCUT2D eigenvalue weighted by Gasteiger charge is 1.99. The Bertz CT molecular complexity index is 344. The van der Waals surface area contributed by atoms with Crippen molar-refractivity contribution in [1.82, 2.24) is 0 Å². The van der Waals surface area contributed by atoms with Crippen LogP contribution in [0, 0.1) is 0 Å². The Morgan fingerprint density at radius 2 is 2.29 bits per heavy atom. The van der Waals surface area contributed by atoms with E-state index < -0.39 is 5.97 Å². The predicted molar refractivity (Wildman–Crippen MR) is 59.9 cm³/mol. The van der Waals surface area contributed by atoms with Gasteiger partial charge in [0.1, 0.15) is 0 Å². The number of halogens is 2. The number of nitrogens with one attached hydrogen (secondary N) is 1. The molecule has 0 aliphatic rings. The van der Waals surface area contributed by atoms with Gasteiger partial charge in [0, 0.05) is 16.7 Å². The van der Waals surface area contributed by atoms with Crippen LogP contribution in [-0.4, -0.2) is 17.6 Å². The van der Waals surface area contributed by atoms with Crippen LogP contribution >= 0.6 is 27.5 Å². The van der Waals surface area contributed by atoms with Crippen LogP contribution < -0.4 is 5.32 Å². The normalized spacial score (nSPS) is 9.86. The molecule has 0 radical (unpaired) electrons. The molecule has 5 heteroatoms. The van der Waals surface area contributed by atoms with E-state index in [9.17, 15) is 4.79 Å². The van der Waals surface area contributed by atoms with Gasteiger partial charge in [0.2, 0.25) is 0 Å². The molecule has 0 atom stereocenters. The third kappa shape index (κ3) is 3.55. The van der Waals surface area contributed by atoms with E-state index in [2.05, 4.69) is 21.2 Å². The molecule has 0 unspecified atom stereocenters. The second-order valence-corrected chi connectivity index (χ2v) is 3.96. The number of carbonyl (C=O) groups is 1. The summed E-state index contributed by atoms with van der Waals surface area (Å²) in [6.45, 7) is 0.396. The van der Waals surface area contributed by atoms with E-state index in [0.717, 1.165) is 10.2 Å². The average molecular weight is 279 g/mol. The number of hydrogen-bond donors (Lipinski definition) is 2. The minimum atomic E-state index is -0.819. The monoisotopic (exact) mass is 277 g/mol. The zero-order valence-electron chi connectivity index (χ0n) is 7.26. The molecular formula is C9H9BrClNO2. The molecule has 0 amide bonds. The Kier molecular flexibility index (Phi) is 4.22. The lowest BCUT2D eigenvalue weighted by Crippen LogP contribution is -2.07. The van der Waals surface area contributed by atoms with Crippen molar-refractivity contribution in [3.63, 3.8) is 0 Å². The highest BCUT2D eigenvalue weighted by Crippen LogP contribution is 2.25. The van der Waals surface area contributed by atoms with Crippen molar-refractivity contribution in [2.45, 2.75) is 6.42 Å². The van der Waals surface area contributed by atoms with Crippen LogP contribution in [0.2, 0.25) is 5.02 Å². The molecule has 0 bridgehead atoms. The second-order valence-electron chi connectivity index (χ2n) is 2.70. The van der Waals surface area contributed by atoms with Crippen molar-refractivity contribution in [2.75, 3.05) is 11.9 Å². The first-order valence-electron chi connectivity index (χ1n) is 4.00. The van der Waals surface area contributed by atoms with E-state index in [-0.39, 0.29) is 6.42 Å². The van der Waals surface area contributed by atoms with Crippen molar-refractivity contribution < 1.29 is 9.90 Å². The third-order valence-corrected chi connectivity index (χ3v) is 2.82. The first-order valence-corrected chi connectivity index (χ1v) is 5.17. The molecule has 0 fully saturated rings. The van der Waals surface area contributed by atoms with Gasteiger partial charge in [-0.15, -0.1) is 0 Å². The van der Waals surface area contributed by atoms with Gasteiger partial charge in [-0.3, -0.25) is 4.79 Å². The summed E-state index contributed by atoms with van der Waals surface area (Å²) in [5, 5.41) is 12.0. The molecule has 0 saturated carbocycles. The lowest BCUT2D eigenvalue weighted by molar-refractivity contribution is -0.136. The zero-order valence-corrected chi connectivity index (χ0v) is 9.60. The topological polar surface area (TPSA) is 49.3 Å². The summed E-state index contributed by atoms with van der Waals surface area (Å²) in [4.78, 5) is 10.2. The van der Waals surface area contributed by atoms with Crippen LogP contribution in [0.1, 0.15) is 6.42 Å². The van der Waals surface area contributed by atoms with Crippen molar-refractivity contribution in [3.8, 4) is 0 Å². The standard InChI is InChI=1S/C9H9BrClNO2/c10-7-2-1-6(5-8(7)11)12-4-3-9(13)14/h1-2,5,12H,3-4H2,(H,13,14). The maximum absolute atomic E-state index is 10.2. The van der Waals surface area contributed by atoms with Crippen LogP contribution in [0.25, 0.3) is 0 Å². The summed E-state index contributed by atoms with van der Waals surface area (Å²) in [6.07, 6.45) is 0.0910. The van der Waals surface area contributed by atoms with Crippen molar-refractivity contribution in [2.24, 2.45) is 0 Å². The van der Waals surface area contributed by atoms with E-state index in [0.29, 0.717) is 11.6 Å². The Balaban J connectivity index is 2.51. The lowest BCUT2D eigenvalue weighted by atomic mass is 10.3. The molecule has 2 N–H and O–H groups in total. The second kappa shape index (κ2) is 5.22. The summed E-state index contributed by atoms with van der Waals surface area (Å²) in [6, 6.07) is 5.39. The summed E-state index contributed by atoms with van der Waals surface area (Å²) in [7, 11) is 0. The Morgan fingerprint density at radius 3 is 2.86 bits per heavy atom. The Labute approximate surface area is 95.2 Å². The number of anilines is 1. The van der Waals surface area contributed by atoms with Gasteiger partial charge >= 0.3 is 5.97 Å². The van der Waals surface area contributed by atoms with E-state index in [1.807, 2.05) is 12.1 Å². The molecule has 1 rings (SSSR count). The molecule has 0 aromatic heterocycles. The zero-order chi connectivity index (χ0) is 10.6. The fourth-order valence-electron chi connectivity index (χ4n) is 0.920. The quantitative estimate of drug-likeness (QED) is 0.890. The van der Waals surface area contributed by atoms with Gasteiger partial charge in [-0.25, -0.2) is 0 Å². The molecule has 0 heterocycles. The molecule has 1 aromatic rings. The first-order chi connectivity index (χ1) is 6.59. The third-order valence-electron chi connectivity index (χ3n) is 1.59. The summed E-state index contributed by atoms with van der Waals surface area (Å²) in [5.74, 6) is -0.819. The van der Waals surface area contributed by atoms with Crippen LogP contribution in [0.4, 0.5) is 5.69 Å². The smallest absolute Gasteiger partial charge is 0.305 e. The van der Waals surface area contributed by atoms with Gasteiger partial charge < -0.3 is 10.4 Å². The number of carboxylic acids is 1. The Morgan fingerprint density at radius 1 is 1.57 bits per heavy atom. The number of aliphatic carboxylic acids is 1. The average Bonchev–Trinajstić information content (AvgIpc) is 2.10. The molecule has 76 valence electrons. The van der Waals surface area contributed by atoms with E-state index in [1.165, 1.54) is 0 Å². The lowest BCUT2D eigenvalue weighted by Gasteiger charge is -2.05. The molecular weight excluding hydrogens is 269 g/mol. The van der Waals surface area contributed by atoms with Crippen LogP contribution in [-0.2, 0) is 4.79 Å². The van der Waals surface area contributed by atoms with Crippen LogP contribution in [0.3, 0.4) is 0 Å². The van der Waals surface area contributed by atoms with E-state index in [4.69, 9.17) is 16.7 Å². The molecule has 0 aliphatic carbocycles. The van der Waals surface area contributed by atoms with Gasteiger partial charge in [0.05, 0.1) is 11.4 Å². The van der Waals surface area contributed by atoms with Crippen molar-refractivity contribution in [1.29, 1.82) is 0 Å². The molecule has 14 heavy (non-hydrogen) atoms. The van der Waals surface area contributed by atoms with Crippen LogP contribution in [0.15, 0.2) is 22.7 Å². The molecule has 1 aromatic carbocycles. The van der Waals surface area contributed by atoms with Gasteiger partial charge in [-0.2, -0.15) is 0 Å². The molecule has 0 saturated heterocycles. The van der Waals surface area contributed by atoms with Crippen molar-refractivity contribution >= 4 is 39.2 Å². The Hall–Kier alpha value is -0.740. The largest absolute Gasteiger partial charge is 0.481 e. The van der Waals surface area contributed by atoms with Gasteiger partial charge in [-0.05, 0) is 34.1 Å². The summed E-state index contributed by atoms with van der Waals surface area (Å²) >= 11 is 9.12. The molecule has 3 nitrogen and oxygen atoms in total. The number of hydrogen-bond acceptors (Lipinski definition) is 2. The fraction of sp³-hybridized carbons (Fsp3) is 0.222. The SMILES string of the molecule is O=C(O)CCNc1ccc(Br)c(Cl)c1. The van der Waals surface area contributed by atoms with E-state index >= 15 is 0 Å². The molecule has 0 spiro atoms. The number of benzene rings is 1. The number of rotatable bonds is 4. The highest BCUT2D eigenvalue weighted by molar-refractivity contribution is 9.10. The summed E-state index contributed by atoms with van der Waals surface area (Å²) < 4.78 is 0.822. The summed E-state index contributed by atoms with van der Waals surface area (Å²) in [5.41, 5.74) is 0.819. The fourth-order valence-corrected chi connectivity index (χ4v) is 1.35. The minimum absolute atomic E-state index is 0.0910. The maximum Gasteiger partial charge on any atom is 0.305 e. The highest BCUT2D eigenvalue weighted by atomic mass is 79.9. The maximum atomic E-state index is 10.2. The van der Waals surface area contributed by atoms with Crippen molar-refractivity contribution in [3.05, 3.63) is 27.7 Å². The minimum Gasteiger partial charge on any atom is -0.481 e. The van der Waals surface area contributed by atoms with Gasteiger partial charge in [0.25, 0.3) is 0 Å². The predicted octanol–water partition coefficient (Wildman–Crippen LogP) is 2.99.